The van der Waals surface area contributed by atoms with Crippen LogP contribution in [0.25, 0.3) is 0 Å². The average molecular weight is 244 g/mol. The molecule has 0 aromatic rings. The van der Waals surface area contributed by atoms with Crippen LogP contribution in [0.1, 0.15) is 20.3 Å². The molecule has 0 saturated carbocycles. The van der Waals surface area contributed by atoms with Gasteiger partial charge in [0.15, 0.2) is 6.29 Å². The predicted octanol–water partition coefficient (Wildman–Crippen LogP) is 1.27. The van der Waals surface area contributed by atoms with Gasteiger partial charge in [0.05, 0.1) is 0 Å². The zero-order valence-electron chi connectivity index (χ0n) is 11.8. The van der Waals surface area contributed by atoms with Crippen molar-refractivity contribution in [1.82, 2.24) is 9.80 Å². The van der Waals surface area contributed by atoms with E-state index in [0.29, 0.717) is 13.2 Å². The van der Waals surface area contributed by atoms with Crippen molar-refractivity contribution in [3.63, 3.8) is 0 Å². The Morgan fingerprint density at radius 3 is 2.41 bits per heavy atom. The molecule has 102 valence electrons. The minimum atomic E-state index is -0.0749. The van der Waals surface area contributed by atoms with Crippen molar-refractivity contribution >= 4 is 0 Å². The molecular weight excluding hydrogens is 216 g/mol. The summed E-state index contributed by atoms with van der Waals surface area (Å²) >= 11 is 0. The van der Waals surface area contributed by atoms with Crippen LogP contribution >= 0.6 is 0 Å². The summed E-state index contributed by atoms with van der Waals surface area (Å²) in [7, 11) is 4.35. The lowest BCUT2D eigenvalue weighted by Crippen LogP contribution is -2.36. The monoisotopic (exact) mass is 244 g/mol. The van der Waals surface area contributed by atoms with E-state index in [1.807, 2.05) is 13.8 Å². The third-order valence-corrected chi connectivity index (χ3v) is 3.22. The van der Waals surface area contributed by atoms with Gasteiger partial charge in [0.2, 0.25) is 0 Å². The zero-order valence-corrected chi connectivity index (χ0v) is 11.8. The molecular formula is C13H28N2O2. The summed E-state index contributed by atoms with van der Waals surface area (Å²) in [6, 6.07) is 0. The second kappa shape index (κ2) is 8.03. The van der Waals surface area contributed by atoms with Gasteiger partial charge in [-0.05, 0) is 46.8 Å². The molecule has 1 rings (SSSR count). The van der Waals surface area contributed by atoms with Gasteiger partial charge in [0.1, 0.15) is 0 Å². The van der Waals surface area contributed by atoms with Gasteiger partial charge in [-0.1, -0.05) is 0 Å². The third-order valence-electron chi connectivity index (χ3n) is 3.22. The highest BCUT2D eigenvalue weighted by Gasteiger charge is 2.22. The van der Waals surface area contributed by atoms with Crippen molar-refractivity contribution in [2.24, 2.45) is 5.92 Å². The smallest absolute Gasteiger partial charge is 0.170 e. The van der Waals surface area contributed by atoms with E-state index in [1.165, 1.54) is 19.5 Å². The van der Waals surface area contributed by atoms with E-state index in [1.54, 1.807) is 0 Å². The highest BCUT2D eigenvalue weighted by Crippen LogP contribution is 2.15. The Bertz CT molecular complexity index is 196. The maximum atomic E-state index is 5.56. The van der Waals surface area contributed by atoms with Crippen molar-refractivity contribution in [2.45, 2.75) is 26.6 Å². The molecule has 0 aliphatic carbocycles. The van der Waals surface area contributed by atoms with Gasteiger partial charge in [-0.25, -0.2) is 0 Å². The first-order valence-corrected chi connectivity index (χ1v) is 6.76. The highest BCUT2D eigenvalue weighted by atomic mass is 16.7. The molecule has 1 unspecified atom stereocenters. The van der Waals surface area contributed by atoms with E-state index < -0.39 is 0 Å². The molecule has 0 amide bonds. The summed E-state index contributed by atoms with van der Waals surface area (Å²) in [4.78, 5) is 4.74. The van der Waals surface area contributed by atoms with Gasteiger partial charge < -0.3 is 19.3 Å². The van der Waals surface area contributed by atoms with Gasteiger partial charge in [-0.15, -0.1) is 0 Å². The molecule has 0 bridgehead atoms. The predicted molar refractivity (Wildman–Crippen MR) is 70.1 cm³/mol. The topological polar surface area (TPSA) is 24.9 Å². The van der Waals surface area contributed by atoms with Crippen molar-refractivity contribution in [2.75, 3.05) is 53.5 Å². The Balaban J connectivity index is 2.23. The fourth-order valence-corrected chi connectivity index (χ4v) is 2.47. The Hall–Kier alpha value is -0.160. The second-order valence-corrected chi connectivity index (χ2v) is 4.98. The zero-order chi connectivity index (χ0) is 12.7. The molecule has 1 heterocycles. The molecule has 1 aliphatic heterocycles. The molecule has 1 aliphatic rings. The van der Waals surface area contributed by atoms with E-state index >= 15 is 0 Å². The van der Waals surface area contributed by atoms with Crippen LogP contribution < -0.4 is 0 Å². The molecule has 0 N–H and O–H groups in total. The number of hydrogen-bond acceptors (Lipinski definition) is 4. The summed E-state index contributed by atoms with van der Waals surface area (Å²) in [6.45, 7) is 9.91. The maximum absolute atomic E-state index is 5.56. The van der Waals surface area contributed by atoms with Crippen LogP contribution in [0, 0.1) is 5.92 Å². The summed E-state index contributed by atoms with van der Waals surface area (Å²) in [6.07, 6.45) is 1.24. The largest absolute Gasteiger partial charge is 0.352 e. The number of likely N-dealkylation sites (N-methyl/N-ethyl adjacent to an activating group) is 1. The molecule has 1 saturated heterocycles. The van der Waals surface area contributed by atoms with Crippen LogP contribution in [-0.2, 0) is 9.47 Å². The molecule has 1 fully saturated rings. The van der Waals surface area contributed by atoms with Crippen molar-refractivity contribution in [1.29, 1.82) is 0 Å². The first-order chi connectivity index (χ1) is 8.15. The SMILES string of the molecule is CCOC(CN(C)CC1CCN(C)C1)OCC. The minimum Gasteiger partial charge on any atom is -0.352 e. The number of rotatable bonds is 8. The van der Waals surface area contributed by atoms with E-state index in [2.05, 4.69) is 23.9 Å². The van der Waals surface area contributed by atoms with Crippen molar-refractivity contribution in [3.05, 3.63) is 0 Å². The number of ether oxygens (including phenoxy) is 2. The molecule has 0 radical (unpaired) electrons. The normalized spacial score (nSPS) is 21.9. The van der Waals surface area contributed by atoms with E-state index in [0.717, 1.165) is 19.0 Å². The van der Waals surface area contributed by atoms with Gasteiger partial charge in [0, 0.05) is 32.8 Å². The van der Waals surface area contributed by atoms with Crippen molar-refractivity contribution < 1.29 is 9.47 Å². The second-order valence-electron chi connectivity index (χ2n) is 4.98. The molecule has 0 aromatic heterocycles. The first-order valence-electron chi connectivity index (χ1n) is 6.76. The summed E-state index contributed by atoms with van der Waals surface area (Å²) in [5.74, 6) is 0.800. The molecule has 1 atom stereocenters. The van der Waals surface area contributed by atoms with Gasteiger partial charge in [-0.3, -0.25) is 0 Å². The minimum absolute atomic E-state index is 0.0749. The van der Waals surface area contributed by atoms with Crippen LogP contribution in [0.2, 0.25) is 0 Å². The van der Waals surface area contributed by atoms with Crippen LogP contribution in [0.3, 0.4) is 0 Å². The van der Waals surface area contributed by atoms with Gasteiger partial charge in [0.25, 0.3) is 0 Å². The number of hydrogen-bond donors (Lipinski definition) is 0. The standard InChI is InChI=1S/C13H28N2O2/c1-5-16-13(17-6-2)11-15(4)10-12-7-8-14(3)9-12/h12-13H,5-11H2,1-4H3. The molecule has 4 nitrogen and oxygen atoms in total. The Morgan fingerprint density at radius 1 is 1.29 bits per heavy atom. The van der Waals surface area contributed by atoms with Gasteiger partial charge in [-0.2, -0.15) is 0 Å². The molecule has 0 aromatic carbocycles. The van der Waals surface area contributed by atoms with E-state index in [9.17, 15) is 0 Å². The fraction of sp³-hybridized carbons (Fsp3) is 1.00. The number of likely N-dealkylation sites (tertiary alicyclic amines) is 1. The maximum Gasteiger partial charge on any atom is 0.170 e. The summed E-state index contributed by atoms with van der Waals surface area (Å²) in [5.41, 5.74) is 0. The lowest BCUT2D eigenvalue weighted by molar-refractivity contribution is -0.145. The lowest BCUT2D eigenvalue weighted by Gasteiger charge is -2.25. The first kappa shape index (κ1) is 14.9. The number of nitrogens with zero attached hydrogens (tertiary/aromatic N) is 2. The van der Waals surface area contributed by atoms with Crippen molar-refractivity contribution in [3.8, 4) is 0 Å². The molecule has 4 heteroatoms. The van der Waals surface area contributed by atoms with Crippen LogP contribution in [0.4, 0.5) is 0 Å². The average Bonchev–Trinajstić information content (AvgIpc) is 2.64. The summed E-state index contributed by atoms with van der Waals surface area (Å²) in [5, 5.41) is 0. The fourth-order valence-electron chi connectivity index (χ4n) is 2.47. The Kier molecular flexibility index (Phi) is 7.04. The van der Waals surface area contributed by atoms with E-state index in [4.69, 9.17) is 9.47 Å². The Morgan fingerprint density at radius 2 is 1.94 bits per heavy atom. The highest BCUT2D eigenvalue weighted by molar-refractivity contribution is 4.75. The van der Waals surface area contributed by atoms with Crippen LogP contribution in [0.15, 0.2) is 0 Å². The quantitative estimate of drug-likeness (QED) is 0.600. The van der Waals surface area contributed by atoms with Crippen LogP contribution in [-0.4, -0.2) is 69.6 Å². The lowest BCUT2D eigenvalue weighted by atomic mass is 10.1. The van der Waals surface area contributed by atoms with E-state index in [-0.39, 0.29) is 6.29 Å². The third kappa shape index (κ3) is 5.82. The summed E-state index contributed by atoms with van der Waals surface area (Å²) < 4.78 is 11.1. The molecule has 0 spiro atoms. The molecule has 17 heavy (non-hydrogen) atoms. The Labute approximate surface area is 106 Å². The van der Waals surface area contributed by atoms with Gasteiger partial charge >= 0.3 is 0 Å². The van der Waals surface area contributed by atoms with Crippen LogP contribution in [0.5, 0.6) is 0 Å².